The van der Waals surface area contributed by atoms with Gasteiger partial charge in [0.05, 0.1) is 19.3 Å². The summed E-state index contributed by atoms with van der Waals surface area (Å²) in [5.41, 5.74) is 4.16. The summed E-state index contributed by atoms with van der Waals surface area (Å²) in [4.78, 5) is 25.9. The van der Waals surface area contributed by atoms with Crippen molar-refractivity contribution >= 4 is 11.8 Å². The van der Waals surface area contributed by atoms with Gasteiger partial charge in [0.25, 0.3) is 0 Å². The Balaban J connectivity index is 1.71. The van der Waals surface area contributed by atoms with Crippen molar-refractivity contribution in [2.45, 2.75) is 45.6 Å². The van der Waals surface area contributed by atoms with E-state index >= 15 is 0 Å². The molecule has 0 fully saturated rings. The van der Waals surface area contributed by atoms with Crippen LogP contribution in [0.15, 0.2) is 65.0 Å². The molecule has 1 heterocycles. The summed E-state index contributed by atoms with van der Waals surface area (Å²) in [6, 6.07) is 11.5. The lowest BCUT2D eigenvalue weighted by atomic mass is 9.75. The number of allylic oxidation sites excluding steroid dienone is 3. The topological polar surface area (TPSA) is 73.9 Å². The Labute approximate surface area is 198 Å². The molecule has 0 aromatic heterocycles. The molecule has 1 N–H and O–H groups in total. The van der Waals surface area contributed by atoms with Crippen molar-refractivity contribution in [2.75, 3.05) is 13.7 Å². The Morgan fingerprint density at radius 1 is 1.12 bits per heavy atom. The summed E-state index contributed by atoms with van der Waals surface area (Å²) in [6.07, 6.45) is 1.97. The molecular weight excluding hydrogens is 437 g/mol. The van der Waals surface area contributed by atoms with E-state index in [1.165, 1.54) is 19.2 Å². The summed E-state index contributed by atoms with van der Waals surface area (Å²) in [5.74, 6) is -0.291. The standard InChI is InChI=1S/C27H28FNO5/c1-4-33-27(31)24-16(2)29-20-6-5-7-21(30)26(20)25(24)18-10-13-22(23(14-18)32-3)34-15-17-8-11-19(28)12-9-17/h8-14,25,29H,4-7,15H2,1-3H3. The number of benzene rings is 2. The first-order chi connectivity index (χ1) is 16.4. The Bertz CT molecular complexity index is 1170. The zero-order valence-corrected chi connectivity index (χ0v) is 19.6. The van der Waals surface area contributed by atoms with Gasteiger partial charge in [0.15, 0.2) is 17.3 Å². The minimum absolute atomic E-state index is 0.0312. The number of dihydropyridines is 1. The molecule has 0 saturated heterocycles. The maximum atomic E-state index is 13.2. The van der Waals surface area contributed by atoms with Crippen LogP contribution < -0.4 is 14.8 Å². The first-order valence-electron chi connectivity index (χ1n) is 11.4. The van der Waals surface area contributed by atoms with Crippen LogP contribution in [0.3, 0.4) is 0 Å². The van der Waals surface area contributed by atoms with Crippen LogP contribution in [-0.2, 0) is 20.9 Å². The SMILES string of the molecule is CCOC(=O)C1=C(C)NC2=C(C(=O)CCC2)C1c1ccc(OCc2ccc(F)cc2)c(OC)c1. The van der Waals surface area contributed by atoms with Crippen molar-refractivity contribution < 1.29 is 28.2 Å². The van der Waals surface area contributed by atoms with Crippen LogP contribution in [-0.4, -0.2) is 25.5 Å². The van der Waals surface area contributed by atoms with Crippen molar-refractivity contribution in [1.82, 2.24) is 5.32 Å². The third-order valence-electron chi connectivity index (χ3n) is 6.10. The van der Waals surface area contributed by atoms with Crippen molar-refractivity contribution in [2.24, 2.45) is 0 Å². The average molecular weight is 466 g/mol. The van der Waals surface area contributed by atoms with Gasteiger partial charge in [-0.25, -0.2) is 9.18 Å². The molecule has 0 amide bonds. The molecule has 34 heavy (non-hydrogen) atoms. The van der Waals surface area contributed by atoms with E-state index in [1.807, 2.05) is 13.0 Å². The highest BCUT2D eigenvalue weighted by Gasteiger charge is 2.39. The highest BCUT2D eigenvalue weighted by molar-refractivity contribution is 6.03. The fourth-order valence-electron chi connectivity index (χ4n) is 4.52. The van der Waals surface area contributed by atoms with Gasteiger partial charge in [-0.3, -0.25) is 4.79 Å². The van der Waals surface area contributed by atoms with Gasteiger partial charge < -0.3 is 19.5 Å². The predicted octanol–water partition coefficient (Wildman–Crippen LogP) is 4.94. The van der Waals surface area contributed by atoms with Gasteiger partial charge in [-0.05, 0) is 62.1 Å². The van der Waals surface area contributed by atoms with Crippen LogP contribution in [0.25, 0.3) is 0 Å². The summed E-state index contributed by atoms with van der Waals surface area (Å²) >= 11 is 0. The zero-order chi connectivity index (χ0) is 24.2. The molecule has 1 aliphatic heterocycles. The van der Waals surface area contributed by atoms with Crippen LogP contribution in [0.1, 0.15) is 50.2 Å². The molecule has 0 saturated carbocycles. The number of ketones is 1. The van der Waals surface area contributed by atoms with Crippen molar-refractivity contribution in [3.05, 3.63) is 81.9 Å². The molecule has 2 aromatic carbocycles. The molecule has 1 unspecified atom stereocenters. The molecule has 0 radical (unpaired) electrons. The van der Waals surface area contributed by atoms with Crippen molar-refractivity contribution in [1.29, 1.82) is 0 Å². The fraction of sp³-hybridized carbons (Fsp3) is 0.333. The number of ether oxygens (including phenoxy) is 3. The number of carbonyl (C=O) groups is 2. The second-order valence-electron chi connectivity index (χ2n) is 8.31. The molecule has 1 aliphatic carbocycles. The molecule has 2 aliphatic rings. The van der Waals surface area contributed by atoms with Crippen LogP contribution >= 0.6 is 0 Å². The molecule has 6 nitrogen and oxygen atoms in total. The fourth-order valence-corrected chi connectivity index (χ4v) is 4.52. The van der Waals surface area contributed by atoms with Gasteiger partial charge >= 0.3 is 5.97 Å². The molecule has 4 rings (SSSR count). The predicted molar refractivity (Wildman–Crippen MR) is 125 cm³/mol. The van der Waals surface area contributed by atoms with E-state index in [2.05, 4.69) is 5.32 Å². The second kappa shape index (κ2) is 10.1. The summed E-state index contributed by atoms with van der Waals surface area (Å²) in [6.45, 7) is 4.07. The molecule has 178 valence electrons. The number of carbonyl (C=O) groups excluding carboxylic acids is 2. The number of esters is 1. The second-order valence-corrected chi connectivity index (χ2v) is 8.31. The lowest BCUT2D eigenvalue weighted by molar-refractivity contribution is -0.138. The minimum Gasteiger partial charge on any atom is -0.493 e. The number of methoxy groups -OCH3 is 1. The number of nitrogens with one attached hydrogen (secondary N) is 1. The first-order valence-corrected chi connectivity index (χ1v) is 11.4. The van der Waals surface area contributed by atoms with Crippen LogP contribution in [0.2, 0.25) is 0 Å². The van der Waals surface area contributed by atoms with E-state index in [9.17, 15) is 14.0 Å². The molecule has 0 bridgehead atoms. The first kappa shape index (κ1) is 23.5. The summed E-state index contributed by atoms with van der Waals surface area (Å²) in [5, 5.41) is 3.28. The van der Waals surface area contributed by atoms with Gasteiger partial charge in [0, 0.05) is 29.3 Å². The summed E-state index contributed by atoms with van der Waals surface area (Å²) in [7, 11) is 1.54. The Morgan fingerprint density at radius 2 is 1.88 bits per heavy atom. The Morgan fingerprint density at radius 3 is 2.59 bits per heavy atom. The lowest BCUT2D eigenvalue weighted by Gasteiger charge is -2.34. The largest absolute Gasteiger partial charge is 0.493 e. The van der Waals surface area contributed by atoms with E-state index < -0.39 is 11.9 Å². The highest BCUT2D eigenvalue weighted by Crippen LogP contribution is 2.44. The Hall–Kier alpha value is -3.61. The lowest BCUT2D eigenvalue weighted by Crippen LogP contribution is -2.34. The van der Waals surface area contributed by atoms with Crippen LogP contribution in [0.5, 0.6) is 11.5 Å². The molecule has 1 atom stereocenters. The molecular formula is C27H28FNO5. The molecule has 7 heteroatoms. The molecule has 0 spiro atoms. The van der Waals surface area contributed by atoms with Gasteiger partial charge in [0.2, 0.25) is 0 Å². The van der Waals surface area contributed by atoms with Crippen LogP contribution in [0.4, 0.5) is 4.39 Å². The van der Waals surface area contributed by atoms with Crippen molar-refractivity contribution in [3.8, 4) is 11.5 Å². The van der Waals surface area contributed by atoms with Crippen molar-refractivity contribution in [3.63, 3.8) is 0 Å². The normalized spacial score (nSPS) is 17.8. The number of hydrogen-bond acceptors (Lipinski definition) is 6. The third-order valence-corrected chi connectivity index (χ3v) is 6.10. The average Bonchev–Trinajstić information content (AvgIpc) is 2.83. The number of rotatable bonds is 7. The van der Waals surface area contributed by atoms with E-state index in [0.717, 1.165) is 29.7 Å². The summed E-state index contributed by atoms with van der Waals surface area (Å²) < 4.78 is 30.0. The van der Waals surface area contributed by atoms with Gasteiger partial charge in [-0.1, -0.05) is 18.2 Å². The monoisotopic (exact) mass is 465 g/mol. The van der Waals surface area contributed by atoms with E-state index in [4.69, 9.17) is 14.2 Å². The van der Waals surface area contributed by atoms with Gasteiger partial charge in [-0.2, -0.15) is 0 Å². The number of Topliss-reactive ketones (excluding diaryl/α,β-unsaturated/α-hetero) is 1. The number of halogens is 1. The Kier molecular flexibility index (Phi) is 7.01. The minimum atomic E-state index is -0.553. The van der Waals surface area contributed by atoms with Gasteiger partial charge in [-0.15, -0.1) is 0 Å². The smallest absolute Gasteiger partial charge is 0.336 e. The van der Waals surface area contributed by atoms with Crippen LogP contribution in [0, 0.1) is 5.82 Å². The number of hydrogen-bond donors (Lipinski definition) is 1. The maximum absolute atomic E-state index is 13.2. The molecule has 2 aromatic rings. The van der Waals surface area contributed by atoms with E-state index in [1.54, 1.807) is 31.2 Å². The third kappa shape index (κ3) is 4.69. The quantitative estimate of drug-likeness (QED) is 0.584. The van der Waals surface area contributed by atoms with E-state index in [-0.39, 0.29) is 24.8 Å². The highest BCUT2D eigenvalue weighted by atomic mass is 19.1. The maximum Gasteiger partial charge on any atom is 0.336 e. The van der Waals surface area contributed by atoms with E-state index in [0.29, 0.717) is 34.8 Å². The zero-order valence-electron chi connectivity index (χ0n) is 19.6. The van der Waals surface area contributed by atoms with Gasteiger partial charge in [0.1, 0.15) is 12.4 Å².